The Balaban J connectivity index is 2.13. The minimum atomic E-state index is -0.371. The van der Waals surface area contributed by atoms with Gasteiger partial charge in [-0.25, -0.2) is 4.39 Å². The van der Waals surface area contributed by atoms with Crippen molar-refractivity contribution in [3.05, 3.63) is 34.4 Å². The zero-order chi connectivity index (χ0) is 18.7. The van der Waals surface area contributed by atoms with Crippen LogP contribution in [-0.2, 0) is 0 Å². The van der Waals surface area contributed by atoms with Gasteiger partial charge in [0.1, 0.15) is 5.82 Å². The van der Waals surface area contributed by atoms with E-state index in [2.05, 4.69) is 23.7 Å². The maximum absolute atomic E-state index is 14.7. The SMILES string of the molecule is CCC(CC)n1cc(OC)c(=O)c2cc(F)c(NC3CCCCC3)cc21. The second kappa shape index (κ2) is 8.11. The van der Waals surface area contributed by atoms with Gasteiger partial charge in [0.15, 0.2) is 5.75 Å². The summed E-state index contributed by atoms with van der Waals surface area (Å²) >= 11 is 0. The Morgan fingerprint density at radius 3 is 2.54 bits per heavy atom. The topological polar surface area (TPSA) is 43.3 Å². The Bertz CT molecular complexity index is 821. The van der Waals surface area contributed by atoms with Crippen LogP contribution in [0.1, 0.15) is 64.8 Å². The predicted molar refractivity (Wildman–Crippen MR) is 105 cm³/mol. The molecule has 1 saturated carbocycles. The van der Waals surface area contributed by atoms with Crippen LogP contribution in [0.4, 0.5) is 10.1 Å². The van der Waals surface area contributed by atoms with Gasteiger partial charge in [0.05, 0.1) is 29.9 Å². The first-order valence-corrected chi connectivity index (χ1v) is 9.77. The van der Waals surface area contributed by atoms with Crippen LogP contribution in [0.15, 0.2) is 23.1 Å². The lowest BCUT2D eigenvalue weighted by atomic mass is 9.95. The minimum Gasteiger partial charge on any atom is -0.491 e. The van der Waals surface area contributed by atoms with Crippen molar-refractivity contribution < 1.29 is 9.13 Å². The van der Waals surface area contributed by atoms with Crippen LogP contribution in [0, 0.1) is 5.82 Å². The normalized spacial score (nSPS) is 15.6. The standard InChI is InChI=1S/C21H29FN2O2/c1-4-15(5-2)24-13-20(26-3)21(25)16-11-17(22)18(12-19(16)24)23-14-9-7-6-8-10-14/h11-15,23H,4-10H2,1-3H3. The van der Waals surface area contributed by atoms with Gasteiger partial charge < -0.3 is 14.6 Å². The van der Waals surface area contributed by atoms with Crippen molar-refractivity contribution in [3.63, 3.8) is 0 Å². The summed E-state index contributed by atoms with van der Waals surface area (Å²) in [7, 11) is 1.48. The Hall–Kier alpha value is -2.04. The number of halogens is 1. The molecule has 0 aliphatic heterocycles. The average molecular weight is 360 g/mol. The molecule has 0 amide bonds. The largest absolute Gasteiger partial charge is 0.491 e. The summed E-state index contributed by atoms with van der Waals surface area (Å²) in [6.45, 7) is 4.24. The molecule has 1 N–H and O–H groups in total. The summed E-state index contributed by atoms with van der Waals surface area (Å²) in [5.74, 6) is -0.110. The van der Waals surface area contributed by atoms with E-state index in [0.717, 1.165) is 31.2 Å². The average Bonchev–Trinajstić information content (AvgIpc) is 2.66. The molecule has 1 aromatic heterocycles. The molecule has 142 valence electrons. The Morgan fingerprint density at radius 2 is 1.92 bits per heavy atom. The summed E-state index contributed by atoms with van der Waals surface area (Å²) in [5, 5.41) is 3.75. The van der Waals surface area contributed by atoms with Gasteiger partial charge in [0.2, 0.25) is 5.43 Å². The van der Waals surface area contributed by atoms with E-state index in [9.17, 15) is 9.18 Å². The molecule has 0 bridgehead atoms. The van der Waals surface area contributed by atoms with Crippen LogP contribution in [0.25, 0.3) is 10.9 Å². The van der Waals surface area contributed by atoms with Crippen molar-refractivity contribution in [2.75, 3.05) is 12.4 Å². The number of aromatic nitrogens is 1. The fraction of sp³-hybridized carbons (Fsp3) is 0.571. The third-order valence-electron chi connectivity index (χ3n) is 5.61. The predicted octanol–water partition coefficient (Wildman–Crippen LogP) is 5.25. The summed E-state index contributed by atoms with van der Waals surface area (Å²) in [6, 6.07) is 3.71. The van der Waals surface area contributed by atoms with Crippen LogP contribution in [-0.4, -0.2) is 17.7 Å². The van der Waals surface area contributed by atoms with Gasteiger partial charge >= 0.3 is 0 Å². The van der Waals surface area contributed by atoms with Crippen molar-refractivity contribution in [1.82, 2.24) is 4.57 Å². The molecule has 4 nitrogen and oxygen atoms in total. The number of hydrogen-bond donors (Lipinski definition) is 1. The molecule has 26 heavy (non-hydrogen) atoms. The Kier molecular flexibility index (Phi) is 5.84. The van der Waals surface area contributed by atoms with Gasteiger partial charge in [-0.05, 0) is 37.8 Å². The first kappa shape index (κ1) is 18.7. The number of methoxy groups -OCH3 is 1. The molecule has 0 unspecified atom stereocenters. The summed E-state index contributed by atoms with van der Waals surface area (Å²) in [6.07, 6.45) is 9.39. The second-order valence-corrected chi connectivity index (χ2v) is 7.23. The van der Waals surface area contributed by atoms with E-state index in [0.29, 0.717) is 17.1 Å². The van der Waals surface area contributed by atoms with Crippen LogP contribution >= 0.6 is 0 Å². The second-order valence-electron chi connectivity index (χ2n) is 7.23. The quantitative estimate of drug-likeness (QED) is 0.764. The first-order chi connectivity index (χ1) is 12.6. The Morgan fingerprint density at radius 1 is 1.23 bits per heavy atom. The molecule has 5 heteroatoms. The van der Waals surface area contributed by atoms with Gasteiger partial charge in [0, 0.05) is 12.1 Å². The van der Waals surface area contributed by atoms with E-state index in [1.54, 1.807) is 12.3 Å². The van der Waals surface area contributed by atoms with E-state index in [-0.39, 0.29) is 23.0 Å². The number of benzene rings is 1. The van der Waals surface area contributed by atoms with E-state index < -0.39 is 0 Å². The number of nitrogens with zero attached hydrogens (tertiary/aromatic N) is 1. The van der Waals surface area contributed by atoms with Crippen molar-refractivity contribution in [1.29, 1.82) is 0 Å². The molecule has 2 aromatic rings. The van der Waals surface area contributed by atoms with Crippen LogP contribution < -0.4 is 15.5 Å². The molecule has 0 radical (unpaired) electrons. The van der Waals surface area contributed by atoms with Crippen molar-refractivity contribution in [3.8, 4) is 5.75 Å². The monoisotopic (exact) mass is 360 g/mol. The smallest absolute Gasteiger partial charge is 0.231 e. The van der Waals surface area contributed by atoms with E-state index in [1.165, 1.54) is 32.4 Å². The highest BCUT2D eigenvalue weighted by Gasteiger charge is 2.19. The third kappa shape index (κ3) is 3.57. The Labute approximate surface area is 154 Å². The minimum absolute atomic E-state index is 0.236. The number of nitrogens with one attached hydrogen (secondary N) is 1. The molecule has 1 aliphatic rings. The van der Waals surface area contributed by atoms with Gasteiger partial charge in [-0.2, -0.15) is 0 Å². The fourth-order valence-electron chi connectivity index (χ4n) is 4.05. The van der Waals surface area contributed by atoms with E-state index in [4.69, 9.17) is 4.74 Å². The number of hydrogen-bond acceptors (Lipinski definition) is 3. The maximum Gasteiger partial charge on any atom is 0.231 e. The maximum atomic E-state index is 14.7. The van der Waals surface area contributed by atoms with Gasteiger partial charge in [0.25, 0.3) is 0 Å². The molecule has 1 heterocycles. The molecule has 0 spiro atoms. The third-order valence-corrected chi connectivity index (χ3v) is 5.61. The zero-order valence-corrected chi connectivity index (χ0v) is 16.0. The molecular weight excluding hydrogens is 331 g/mol. The van der Waals surface area contributed by atoms with Crippen LogP contribution in [0.2, 0.25) is 0 Å². The highest BCUT2D eigenvalue weighted by Crippen LogP contribution is 2.30. The van der Waals surface area contributed by atoms with E-state index >= 15 is 0 Å². The molecule has 1 aliphatic carbocycles. The summed E-state index contributed by atoms with van der Waals surface area (Å²) in [4.78, 5) is 12.6. The van der Waals surface area contributed by atoms with Gasteiger partial charge in [-0.3, -0.25) is 4.79 Å². The molecule has 1 aromatic carbocycles. The summed E-state index contributed by atoms with van der Waals surface area (Å²) in [5.41, 5.74) is 1.01. The number of rotatable bonds is 6. The van der Waals surface area contributed by atoms with Gasteiger partial charge in [-0.1, -0.05) is 33.1 Å². The fourth-order valence-corrected chi connectivity index (χ4v) is 4.05. The highest BCUT2D eigenvalue weighted by atomic mass is 19.1. The number of pyridine rings is 1. The number of ether oxygens (including phenoxy) is 1. The molecule has 0 atom stereocenters. The van der Waals surface area contributed by atoms with E-state index in [1.807, 2.05) is 0 Å². The lowest BCUT2D eigenvalue weighted by Crippen LogP contribution is -2.23. The van der Waals surface area contributed by atoms with Crippen LogP contribution in [0.3, 0.4) is 0 Å². The molecule has 3 rings (SSSR count). The lowest BCUT2D eigenvalue weighted by Gasteiger charge is -2.25. The summed E-state index contributed by atoms with van der Waals surface area (Å²) < 4.78 is 22.1. The lowest BCUT2D eigenvalue weighted by molar-refractivity contribution is 0.398. The zero-order valence-electron chi connectivity index (χ0n) is 16.0. The number of anilines is 1. The van der Waals surface area contributed by atoms with Crippen LogP contribution in [0.5, 0.6) is 5.75 Å². The van der Waals surface area contributed by atoms with Crippen molar-refractivity contribution in [2.45, 2.75) is 70.9 Å². The van der Waals surface area contributed by atoms with Gasteiger partial charge in [-0.15, -0.1) is 0 Å². The first-order valence-electron chi connectivity index (χ1n) is 9.77. The molecule has 0 saturated heterocycles. The van der Waals surface area contributed by atoms with Crippen molar-refractivity contribution in [2.24, 2.45) is 0 Å². The highest BCUT2D eigenvalue weighted by molar-refractivity contribution is 5.84. The van der Waals surface area contributed by atoms with Crippen molar-refractivity contribution >= 4 is 16.6 Å². The molecule has 1 fully saturated rings. The number of fused-ring (bicyclic) bond motifs is 1. The molecular formula is C21H29FN2O2.